The molecule has 0 radical (unpaired) electrons. The molecule has 1 saturated heterocycles. The van der Waals surface area contributed by atoms with Gasteiger partial charge in [0.05, 0.1) is 22.8 Å². The predicted molar refractivity (Wildman–Crippen MR) is 100 cm³/mol. The van der Waals surface area contributed by atoms with Crippen LogP contribution in [-0.2, 0) is 4.79 Å². The SMILES string of the molecule is Cc1nn(-c2ccccc2)c(C)c1NC(=O)CCN1CCNC[C@H]1C. The van der Waals surface area contributed by atoms with Crippen LogP contribution in [-0.4, -0.2) is 52.8 Å². The number of piperazine rings is 1. The molecule has 134 valence electrons. The fraction of sp³-hybridized carbons (Fsp3) is 0.474. The Labute approximate surface area is 149 Å². The molecular weight excluding hydrogens is 314 g/mol. The Morgan fingerprint density at radius 2 is 2.08 bits per heavy atom. The minimum atomic E-state index is 0.0459. The lowest BCUT2D eigenvalue weighted by molar-refractivity contribution is -0.116. The van der Waals surface area contributed by atoms with Crippen LogP contribution in [0.3, 0.4) is 0 Å². The Morgan fingerprint density at radius 1 is 1.32 bits per heavy atom. The predicted octanol–water partition coefficient (Wildman–Crippen LogP) is 2.11. The molecule has 2 heterocycles. The highest BCUT2D eigenvalue weighted by molar-refractivity contribution is 5.92. The van der Waals surface area contributed by atoms with Crippen molar-refractivity contribution < 1.29 is 4.79 Å². The van der Waals surface area contributed by atoms with E-state index >= 15 is 0 Å². The minimum absolute atomic E-state index is 0.0459. The topological polar surface area (TPSA) is 62.2 Å². The fourth-order valence-corrected chi connectivity index (χ4v) is 3.31. The number of anilines is 1. The van der Waals surface area contributed by atoms with Crippen molar-refractivity contribution in [2.45, 2.75) is 33.2 Å². The van der Waals surface area contributed by atoms with Gasteiger partial charge in [-0.25, -0.2) is 4.68 Å². The van der Waals surface area contributed by atoms with Crippen LogP contribution in [0.25, 0.3) is 5.69 Å². The van der Waals surface area contributed by atoms with E-state index < -0.39 is 0 Å². The molecule has 2 aromatic rings. The largest absolute Gasteiger partial charge is 0.323 e. The van der Waals surface area contributed by atoms with Crippen LogP contribution in [0.5, 0.6) is 0 Å². The van der Waals surface area contributed by atoms with Crippen molar-refractivity contribution in [3.8, 4) is 5.69 Å². The molecule has 0 saturated carbocycles. The van der Waals surface area contributed by atoms with Crippen LogP contribution in [0.15, 0.2) is 30.3 Å². The maximum Gasteiger partial charge on any atom is 0.225 e. The Balaban J connectivity index is 1.64. The molecule has 1 atom stereocenters. The first-order chi connectivity index (χ1) is 12.1. The molecule has 1 aliphatic heterocycles. The average Bonchev–Trinajstić information content (AvgIpc) is 2.90. The van der Waals surface area contributed by atoms with E-state index in [4.69, 9.17) is 0 Å². The minimum Gasteiger partial charge on any atom is -0.323 e. The van der Waals surface area contributed by atoms with Gasteiger partial charge in [0.15, 0.2) is 0 Å². The van der Waals surface area contributed by atoms with Crippen LogP contribution >= 0.6 is 0 Å². The molecule has 0 bridgehead atoms. The lowest BCUT2D eigenvalue weighted by atomic mass is 10.2. The number of carbonyl (C=O) groups is 1. The Hall–Kier alpha value is -2.18. The van der Waals surface area contributed by atoms with E-state index in [0.29, 0.717) is 12.5 Å². The summed E-state index contributed by atoms with van der Waals surface area (Å²) in [4.78, 5) is 14.8. The van der Waals surface area contributed by atoms with Crippen LogP contribution in [0.1, 0.15) is 24.7 Å². The van der Waals surface area contributed by atoms with Gasteiger partial charge in [0.25, 0.3) is 0 Å². The molecule has 0 unspecified atom stereocenters. The summed E-state index contributed by atoms with van der Waals surface area (Å²) in [5.41, 5.74) is 3.61. The summed E-state index contributed by atoms with van der Waals surface area (Å²) in [7, 11) is 0. The number of aromatic nitrogens is 2. The lowest BCUT2D eigenvalue weighted by Crippen LogP contribution is -2.50. The summed E-state index contributed by atoms with van der Waals surface area (Å²) in [5, 5.41) is 11.0. The number of para-hydroxylation sites is 1. The molecule has 2 N–H and O–H groups in total. The van der Waals surface area contributed by atoms with Crippen molar-refractivity contribution in [3.05, 3.63) is 41.7 Å². The first-order valence-corrected chi connectivity index (χ1v) is 8.92. The Bertz CT molecular complexity index is 725. The second-order valence-corrected chi connectivity index (χ2v) is 6.68. The smallest absolute Gasteiger partial charge is 0.225 e. The molecule has 6 heteroatoms. The second-order valence-electron chi connectivity index (χ2n) is 6.68. The molecule has 6 nitrogen and oxygen atoms in total. The number of nitrogens with zero attached hydrogens (tertiary/aromatic N) is 3. The summed E-state index contributed by atoms with van der Waals surface area (Å²) in [6.45, 7) is 9.89. The first kappa shape index (κ1) is 17.6. The third-order valence-corrected chi connectivity index (χ3v) is 4.82. The monoisotopic (exact) mass is 341 g/mol. The van der Waals surface area contributed by atoms with Gasteiger partial charge in [0.1, 0.15) is 0 Å². The van der Waals surface area contributed by atoms with Gasteiger partial charge >= 0.3 is 0 Å². The van der Waals surface area contributed by atoms with Gasteiger partial charge in [-0.1, -0.05) is 18.2 Å². The quantitative estimate of drug-likeness (QED) is 0.874. The number of aryl methyl sites for hydroxylation is 1. The molecule has 0 spiro atoms. The van der Waals surface area contributed by atoms with E-state index in [1.165, 1.54) is 0 Å². The summed E-state index contributed by atoms with van der Waals surface area (Å²) in [6.07, 6.45) is 0.500. The number of hydrogen-bond acceptors (Lipinski definition) is 4. The number of hydrogen-bond donors (Lipinski definition) is 2. The van der Waals surface area contributed by atoms with Crippen molar-refractivity contribution in [1.82, 2.24) is 20.0 Å². The average molecular weight is 341 g/mol. The standard InChI is InChI=1S/C19H27N5O/c1-14-13-20-10-12-23(14)11-9-18(25)21-19-15(2)22-24(16(19)3)17-7-5-4-6-8-17/h4-8,14,20H,9-13H2,1-3H3,(H,21,25)/t14-/m1/s1. The van der Waals surface area contributed by atoms with Crippen molar-refractivity contribution in [1.29, 1.82) is 0 Å². The van der Waals surface area contributed by atoms with Crippen LogP contribution in [0, 0.1) is 13.8 Å². The normalized spacial score (nSPS) is 18.3. The molecular formula is C19H27N5O. The van der Waals surface area contributed by atoms with E-state index in [1.54, 1.807) is 0 Å². The van der Waals surface area contributed by atoms with Crippen molar-refractivity contribution >= 4 is 11.6 Å². The molecule has 1 amide bonds. The highest BCUT2D eigenvalue weighted by Gasteiger charge is 2.19. The Kier molecular flexibility index (Phi) is 5.50. The molecule has 3 rings (SSSR count). The third-order valence-electron chi connectivity index (χ3n) is 4.82. The molecule has 1 aliphatic rings. The zero-order valence-corrected chi connectivity index (χ0v) is 15.2. The van der Waals surface area contributed by atoms with Gasteiger partial charge in [-0.05, 0) is 32.9 Å². The number of nitrogens with one attached hydrogen (secondary N) is 2. The number of benzene rings is 1. The van der Waals surface area contributed by atoms with E-state index in [9.17, 15) is 4.79 Å². The van der Waals surface area contributed by atoms with Crippen molar-refractivity contribution in [2.75, 3.05) is 31.5 Å². The zero-order valence-electron chi connectivity index (χ0n) is 15.2. The summed E-state index contributed by atoms with van der Waals surface area (Å²) in [6, 6.07) is 10.4. The molecule has 0 aliphatic carbocycles. The van der Waals surface area contributed by atoms with Crippen LogP contribution in [0.2, 0.25) is 0 Å². The summed E-state index contributed by atoms with van der Waals surface area (Å²) >= 11 is 0. The highest BCUT2D eigenvalue weighted by Crippen LogP contribution is 2.22. The molecule has 1 aromatic heterocycles. The summed E-state index contributed by atoms with van der Waals surface area (Å²) in [5.74, 6) is 0.0459. The second kappa shape index (κ2) is 7.80. The maximum atomic E-state index is 12.4. The fourth-order valence-electron chi connectivity index (χ4n) is 3.31. The van der Waals surface area contributed by atoms with Crippen molar-refractivity contribution in [2.24, 2.45) is 0 Å². The van der Waals surface area contributed by atoms with E-state index in [2.05, 4.69) is 27.6 Å². The number of rotatable bonds is 5. The van der Waals surface area contributed by atoms with Gasteiger partial charge < -0.3 is 10.6 Å². The first-order valence-electron chi connectivity index (χ1n) is 8.92. The van der Waals surface area contributed by atoms with Crippen molar-refractivity contribution in [3.63, 3.8) is 0 Å². The van der Waals surface area contributed by atoms with E-state index in [-0.39, 0.29) is 5.91 Å². The van der Waals surface area contributed by atoms with Gasteiger partial charge in [-0.2, -0.15) is 5.10 Å². The van der Waals surface area contributed by atoms with Gasteiger partial charge in [-0.15, -0.1) is 0 Å². The summed E-state index contributed by atoms with van der Waals surface area (Å²) < 4.78 is 1.88. The molecule has 25 heavy (non-hydrogen) atoms. The van der Waals surface area contributed by atoms with E-state index in [1.807, 2.05) is 48.9 Å². The lowest BCUT2D eigenvalue weighted by Gasteiger charge is -2.33. The number of amides is 1. The molecule has 1 fully saturated rings. The molecule has 1 aromatic carbocycles. The maximum absolute atomic E-state index is 12.4. The third kappa shape index (κ3) is 4.08. The van der Waals surface area contributed by atoms with Gasteiger partial charge in [0.2, 0.25) is 5.91 Å². The van der Waals surface area contributed by atoms with Crippen LogP contribution in [0.4, 0.5) is 5.69 Å². The number of carbonyl (C=O) groups excluding carboxylic acids is 1. The Morgan fingerprint density at radius 3 is 2.80 bits per heavy atom. The zero-order chi connectivity index (χ0) is 17.8. The van der Waals surface area contributed by atoms with Crippen LogP contribution < -0.4 is 10.6 Å². The van der Waals surface area contributed by atoms with E-state index in [0.717, 1.165) is 48.9 Å². The highest BCUT2D eigenvalue weighted by atomic mass is 16.1. The van der Waals surface area contributed by atoms with Gasteiger partial charge in [-0.3, -0.25) is 9.69 Å². The van der Waals surface area contributed by atoms with Gasteiger partial charge in [0, 0.05) is 38.6 Å².